The molecule has 1 nitrogen and oxygen atoms in total. The van der Waals surface area contributed by atoms with Crippen molar-refractivity contribution in [1.82, 2.24) is 0 Å². The molecular formula is C14H21N. The highest BCUT2D eigenvalue weighted by Gasteiger charge is 2.26. The predicted molar refractivity (Wildman–Crippen MR) is 67.4 cm³/mol. The molecule has 0 saturated carbocycles. The Morgan fingerprint density at radius 2 is 1.93 bits per heavy atom. The Balaban J connectivity index is 3.28. The number of rotatable bonds is 2. The van der Waals surface area contributed by atoms with Gasteiger partial charge in [-0.25, -0.2) is 0 Å². The molecule has 0 aromatic rings. The minimum absolute atomic E-state index is 0.156. The van der Waals surface area contributed by atoms with E-state index in [2.05, 4.69) is 40.7 Å². The van der Waals surface area contributed by atoms with Crippen LogP contribution in [0.2, 0.25) is 0 Å². The minimum Gasteiger partial charge on any atom is -0.300 e. The SMILES string of the molecule is CCC(C)(C)C1=CC=CC(=N)C1=C(C)C. The zero-order chi connectivity index (χ0) is 11.6. The quantitative estimate of drug-likeness (QED) is 0.693. The normalized spacial score (nSPS) is 16.7. The predicted octanol–water partition coefficient (Wildman–Crippen LogP) is 4.27. The highest BCUT2D eigenvalue weighted by atomic mass is 14.4. The minimum atomic E-state index is 0.156. The standard InChI is InChI=1S/C14H21N/c1-6-14(4,5)11-8-7-9-12(15)13(11)10(2)3/h7-9,15H,6H2,1-5H3. The van der Waals surface area contributed by atoms with E-state index >= 15 is 0 Å². The van der Waals surface area contributed by atoms with Crippen LogP contribution in [-0.2, 0) is 0 Å². The van der Waals surface area contributed by atoms with Crippen LogP contribution in [0, 0.1) is 10.8 Å². The smallest absolute Gasteiger partial charge is 0.0614 e. The van der Waals surface area contributed by atoms with E-state index in [0.717, 1.165) is 12.0 Å². The van der Waals surface area contributed by atoms with Crippen molar-refractivity contribution in [3.05, 3.63) is 34.9 Å². The lowest BCUT2D eigenvalue weighted by Crippen LogP contribution is -2.20. The maximum absolute atomic E-state index is 7.98. The molecule has 0 saturated heterocycles. The Morgan fingerprint density at radius 1 is 1.33 bits per heavy atom. The van der Waals surface area contributed by atoms with Gasteiger partial charge in [0, 0.05) is 5.57 Å². The van der Waals surface area contributed by atoms with Crippen molar-refractivity contribution in [2.24, 2.45) is 5.41 Å². The van der Waals surface area contributed by atoms with E-state index < -0.39 is 0 Å². The third-order valence-corrected chi connectivity index (χ3v) is 3.18. The molecule has 0 fully saturated rings. The van der Waals surface area contributed by atoms with Crippen molar-refractivity contribution in [2.75, 3.05) is 0 Å². The third-order valence-electron chi connectivity index (χ3n) is 3.18. The lowest BCUT2D eigenvalue weighted by atomic mass is 9.74. The molecule has 0 spiro atoms. The van der Waals surface area contributed by atoms with Crippen LogP contribution >= 0.6 is 0 Å². The second-order valence-corrected chi connectivity index (χ2v) is 4.97. The Hall–Kier alpha value is -1.11. The summed E-state index contributed by atoms with van der Waals surface area (Å²) >= 11 is 0. The topological polar surface area (TPSA) is 23.9 Å². The highest BCUT2D eigenvalue weighted by Crippen LogP contribution is 2.38. The number of nitrogens with one attached hydrogen (secondary N) is 1. The van der Waals surface area contributed by atoms with Gasteiger partial charge in [0.15, 0.2) is 0 Å². The summed E-state index contributed by atoms with van der Waals surface area (Å²) in [4.78, 5) is 0. The Morgan fingerprint density at radius 3 is 2.40 bits per heavy atom. The molecule has 1 heteroatoms. The van der Waals surface area contributed by atoms with Gasteiger partial charge in [-0.05, 0) is 37.3 Å². The fourth-order valence-electron chi connectivity index (χ4n) is 1.85. The van der Waals surface area contributed by atoms with Crippen molar-refractivity contribution in [3.8, 4) is 0 Å². The van der Waals surface area contributed by atoms with E-state index in [1.807, 2.05) is 12.2 Å². The first-order valence-electron chi connectivity index (χ1n) is 5.55. The molecular weight excluding hydrogens is 182 g/mol. The molecule has 1 N–H and O–H groups in total. The van der Waals surface area contributed by atoms with Gasteiger partial charge >= 0.3 is 0 Å². The van der Waals surface area contributed by atoms with Gasteiger partial charge in [-0.2, -0.15) is 0 Å². The van der Waals surface area contributed by atoms with Crippen LogP contribution in [0.3, 0.4) is 0 Å². The summed E-state index contributed by atoms with van der Waals surface area (Å²) in [6.45, 7) is 10.9. The van der Waals surface area contributed by atoms with Crippen molar-refractivity contribution < 1.29 is 0 Å². The van der Waals surface area contributed by atoms with Gasteiger partial charge in [0.1, 0.15) is 0 Å². The fraction of sp³-hybridized carbons (Fsp3) is 0.500. The van der Waals surface area contributed by atoms with E-state index in [1.165, 1.54) is 11.1 Å². The molecule has 0 heterocycles. The molecule has 0 amide bonds. The van der Waals surface area contributed by atoms with Crippen molar-refractivity contribution in [2.45, 2.75) is 41.0 Å². The number of hydrogen-bond acceptors (Lipinski definition) is 1. The first-order valence-corrected chi connectivity index (χ1v) is 5.55. The number of allylic oxidation sites excluding steroid dienone is 6. The molecule has 0 atom stereocenters. The van der Waals surface area contributed by atoms with E-state index in [1.54, 1.807) is 0 Å². The van der Waals surface area contributed by atoms with E-state index in [0.29, 0.717) is 5.71 Å². The lowest BCUT2D eigenvalue weighted by Gasteiger charge is -2.30. The average molecular weight is 203 g/mol. The maximum atomic E-state index is 7.98. The summed E-state index contributed by atoms with van der Waals surface area (Å²) in [5.74, 6) is 0. The van der Waals surface area contributed by atoms with Crippen molar-refractivity contribution >= 4 is 5.71 Å². The van der Waals surface area contributed by atoms with E-state index in [-0.39, 0.29) is 5.41 Å². The molecule has 0 aliphatic heterocycles. The molecule has 0 bridgehead atoms. The summed E-state index contributed by atoms with van der Waals surface area (Å²) in [7, 11) is 0. The van der Waals surface area contributed by atoms with Crippen LogP contribution in [0.15, 0.2) is 34.9 Å². The first-order chi connectivity index (χ1) is 6.90. The zero-order valence-electron chi connectivity index (χ0n) is 10.4. The van der Waals surface area contributed by atoms with E-state index in [4.69, 9.17) is 5.41 Å². The van der Waals surface area contributed by atoms with Crippen molar-refractivity contribution in [3.63, 3.8) is 0 Å². The maximum Gasteiger partial charge on any atom is 0.0614 e. The van der Waals surface area contributed by atoms with Gasteiger partial charge in [0.05, 0.1) is 5.71 Å². The first kappa shape index (κ1) is 12.0. The molecule has 0 aromatic carbocycles. The molecule has 0 aromatic heterocycles. The molecule has 0 radical (unpaired) electrons. The molecule has 1 aliphatic rings. The third kappa shape index (κ3) is 2.28. The van der Waals surface area contributed by atoms with E-state index in [9.17, 15) is 0 Å². The fourth-order valence-corrected chi connectivity index (χ4v) is 1.85. The monoisotopic (exact) mass is 203 g/mol. The van der Waals surface area contributed by atoms with Crippen molar-refractivity contribution in [1.29, 1.82) is 5.41 Å². The summed E-state index contributed by atoms with van der Waals surface area (Å²) < 4.78 is 0. The summed E-state index contributed by atoms with van der Waals surface area (Å²) in [6.07, 6.45) is 7.11. The molecule has 15 heavy (non-hydrogen) atoms. The van der Waals surface area contributed by atoms with Gasteiger partial charge in [-0.15, -0.1) is 0 Å². The van der Waals surface area contributed by atoms with Gasteiger partial charge in [-0.1, -0.05) is 38.5 Å². The zero-order valence-corrected chi connectivity index (χ0v) is 10.4. The molecule has 1 aliphatic carbocycles. The Bertz CT molecular complexity index is 361. The van der Waals surface area contributed by atoms with Crippen LogP contribution < -0.4 is 0 Å². The van der Waals surface area contributed by atoms with Crippen LogP contribution in [0.4, 0.5) is 0 Å². The van der Waals surface area contributed by atoms with Gasteiger partial charge in [-0.3, -0.25) is 0 Å². The highest BCUT2D eigenvalue weighted by molar-refractivity contribution is 6.11. The summed E-state index contributed by atoms with van der Waals surface area (Å²) in [5, 5.41) is 7.98. The molecule has 0 unspecified atom stereocenters. The molecule has 1 rings (SSSR count). The van der Waals surface area contributed by atoms with Crippen LogP contribution in [0.25, 0.3) is 0 Å². The second-order valence-electron chi connectivity index (χ2n) is 4.97. The van der Waals surface area contributed by atoms with Gasteiger partial charge in [0.2, 0.25) is 0 Å². The van der Waals surface area contributed by atoms with Gasteiger partial charge in [0.25, 0.3) is 0 Å². The lowest BCUT2D eigenvalue weighted by molar-refractivity contribution is 0.436. The van der Waals surface area contributed by atoms with Crippen LogP contribution in [0.1, 0.15) is 41.0 Å². The average Bonchev–Trinajstić information content (AvgIpc) is 2.16. The number of hydrogen-bond donors (Lipinski definition) is 1. The van der Waals surface area contributed by atoms with Crippen LogP contribution in [0.5, 0.6) is 0 Å². The summed E-state index contributed by atoms with van der Waals surface area (Å²) in [6, 6.07) is 0. The molecule has 82 valence electrons. The second kappa shape index (κ2) is 4.18. The van der Waals surface area contributed by atoms with Crippen LogP contribution in [-0.4, -0.2) is 5.71 Å². The summed E-state index contributed by atoms with van der Waals surface area (Å²) in [5.41, 5.74) is 4.47. The Kier molecular flexibility index (Phi) is 3.33. The van der Waals surface area contributed by atoms with Gasteiger partial charge < -0.3 is 5.41 Å². The Labute approximate surface area is 93.1 Å². The largest absolute Gasteiger partial charge is 0.300 e.